The highest BCUT2D eigenvalue weighted by Crippen LogP contribution is 2.41. The van der Waals surface area contributed by atoms with Crippen LogP contribution in [0.15, 0.2) is 24.4 Å². The lowest BCUT2D eigenvalue weighted by Crippen LogP contribution is -2.47. The molecular weight excluding hydrogens is 172 g/mol. The van der Waals surface area contributed by atoms with Gasteiger partial charge in [-0.15, -0.1) is 0 Å². The Labute approximate surface area is 85.7 Å². The monoisotopic (exact) mass is 190 g/mol. The zero-order valence-electron chi connectivity index (χ0n) is 8.90. The zero-order valence-corrected chi connectivity index (χ0v) is 8.90. The van der Waals surface area contributed by atoms with Gasteiger partial charge in [-0.1, -0.05) is 19.9 Å². The summed E-state index contributed by atoms with van der Waals surface area (Å²) in [6.07, 6.45) is 3.13. The van der Waals surface area contributed by atoms with Crippen molar-refractivity contribution in [2.45, 2.75) is 32.2 Å². The van der Waals surface area contributed by atoms with Gasteiger partial charge in [-0.25, -0.2) is 0 Å². The van der Waals surface area contributed by atoms with Gasteiger partial charge in [-0.05, 0) is 31.0 Å². The predicted molar refractivity (Wildman–Crippen MR) is 58.2 cm³/mol. The first-order valence-electron chi connectivity index (χ1n) is 5.47. The van der Waals surface area contributed by atoms with Crippen molar-refractivity contribution in [3.05, 3.63) is 30.1 Å². The van der Waals surface area contributed by atoms with E-state index in [4.69, 9.17) is 0 Å². The summed E-state index contributed by atoms with van der Waals surface area (Å²) in [6, 6.07) is 6.90. The molecule has 0 radical (unpaired) electrons. The van der Waals surface area contributed by atoms with Gasteiger partial charge in [0.15, 0.2) is 0 Å². The molecule has 14 heavy (non-hydrogen) atoms. The van der Waals surface area contributed by atoms with Gasteiger partial charge in [0.05, 0.1) is 0 Å². The molecule has 1 heterocycles. The summed E-state index contributed by atoms with van der Waals surface area (Å²) in [5.74, 6) is 1.39. The summed E-state index contributed by atoms with van der Waals surface area (Å²) in [5, 5.41) is 3.50. The molecule has 2 nitrogen and oxygen atoms in total. The lowest BCUT2D eigenvalue weighted by atomic mass is 9.68. The Morgan fingerprint density at radius 1 is 1.50 bits per heavy atom. The summed E-state index contributed by atoms with van der Waals surface area (Å²) in [7, 11) is 0. The average molecular weight is 190 g/mol. The molecule has 0 saturated heterocycles. The zero-order chi connectivity index (χ0) is 9.97. The second-order valence-corrected chi connectivity index (χ2v) is 4.12. The largest absolute Gasteiger partial charge is 0.314 e. The van der Waals surface area contributed by atoms with Crippen LogP contribution in [0.2, 0.25) is 0 Å². The van der Waals surface area contributed by atoms with Gasteiger partial charge < -0.3 is 5.32 Å². The molecule has 2 rings (SSSR count). The van der Waals surface area contributed by atoms with Crippen LogP contribution in [0.4, 0.5) is 0 Å². The maximum atomic E-state index is 4.42. The van der Waals surface area contributed by atoms with Gasteiger partial charge in [-0.2, -0.15) is 0 Å². The Kier molecular flexibility index (Phi) is 2.82. The summed E-state index contributed by atoms with van der Waals surface area (Å²) >= 11 is 0. The van der Waals surface area contributed by atoms with E-state index >= 15 is 0 Å². The molecule has 1 N–H and O–H groups in total. The minimum atomic E-state index is 0.667. The van der Waals surface area contributed by atoms with Crippen molar-refractivity contribution in [2.24, 2.45) is 5.92 Å². The third-order valence-corrected chi connectivity index (χ3v) is 3.31. The third-order valence-electron chi connectivity index (χ3n) is 3.31. The van der Waals surface area contributed by atoms with E-state index in [1.807, 2.05) is 12.3 Å². The molecule has 0 amide bonds. The Morgan fingerprint density at radius 2 is 2.36 bits per heavy atom. The van der Waals surface area contributed by atoms with E-state index in [0.717, 1.165) is 12.5 Å². The van der Waals surface area contributed by atoms with Crippen LogP contribution in [0.5, 0.6) is 0 Å². The fraction of sp³-hybridized carbons (Fsp3) is 0.583. The van der Waals surface area contributed by atoms with Crippen LogP contribution in [-0.4, -0.2) is 17.6 Å². The maximum absolute atomic E-state index is 4.42. The normalized spacial score (nSPS) is 31.1. The highest BCUT2D eigenvalue weighted by Gasteiger charge is 2.38. The molecule has 1 aromatic rings. The van der Waals surface area contributed by atoms with Crippen LogP contribution in [-0.2, 0) is 0 Å². The second-order valence-electron chi connectivity index (χ2n) is 4.12. The minimum absolute atomic E-state index is 0.667. The van der Waals surface area contributed by atoms with Crippen LogP contribution in [0, 0.1) is 5.92 Å². The number of pyridine rings is 1. The van der Waals surface area contributed by atoms with Crippen LogP contribution < -0.4 is 5.32 Å². The van der Waals surface area contributed by atoms with Crippen molar-refractivity contribution in [3.63, 3.8) is 0 Å². The Balaban J connectivity index is 1.98. The van der Waals surface area contributed by atoms with Gasteiger partial charge in [0, 0.05) is 23.9 Å². The lowest BCUT2D eigenvalue weighted by molar-refractivity contribution is 0.183. The van der Waals surface area contributed by atoms with Gasteiger partial charge in [0.1, 0.15) is 0 Å². The molecule has 0 aromatic carbocycles. The fourth-order valence-electron chi connectivity index (χ4n) is 2.30. The number of hydrogen-bond acceptors (Lipinski definition) is 2. The van der Waals surface area contributed by atoms with E-state index in [-0.39, 0.29) is 0 Å². The molecule has 3 unspecified atom stereocenters. The summed E-state index contributed by atoms with van der Waals surface area (Å²) in [4.78, 5) is 4.42. The lowest BCUT2D eigenvalue weighted by Gasteiger charge is -2.43. The smallest absolute Gasteiger partial charge is 0.0438 e. The number of nitrogens with one attached hydrogen (secondary N) is 1. The highest BCUT2D eigenvalue weighted by atomic mass is 14.9. The highest BCUT2D eigenvalue weighted by molar-refractivity contribution is 5.16. The first kappa shape index (κ1) is 9.66. The summed E-state index contributed by atoms with van der Waals surface area (Å²) < 4.78 is 0. The van der Waals surface area contributed by atoms with Crippen molar-refractivity contribution >= 4 is 0 Å². The molecule has 1 aliphatic rings. The van der Waals surface area contributed by atoms with Crippen molar-refractivity contribution in [2.75, 3.05) is 6.54 Å². The fourth-order valence-corrected chi connectivity index (χ4v) is 2.30. The number of aromatic nitrogens is 1. The van der Waals surface area contributed by atoms with Crippen molar-refractivity contribution in [1.29, 1.82) is 0 Å². The number of hydrogen-bond donors (Lipinski definition) is 1. The average Bonchev–Trinajstić information content (AvgIpc) is 2.24. The van der Waals surface area contributed by atoms with Crippen molar-refractivity contribution < 1.29 is 0 Å². The molecule has 76 valence electrons. The molecule has 1 aliphatic carbocycles. The second kappa shape index (κ2) is 4.09. The van der Waals surface area contributed by atoms with E-state index < -0.39 is 0 Å². The molecule has 3 atom stereocenters. The standard InChI is InChI=1S/C12H18N2/c1-3-13-12-8-10(9(12)2)11-6-4-5-7-14-11/h4-7,9-10,12-13H,3,8H2,1-2H3. The topological polar surface area (TPSA) is 24.9 Å². The van der Waals surface area contributed by atoms with Crippen molar-refractivity contribution in [1.82, 2.24) is 10.3 Å². The molecule has 2 heteroatoms. The SMILES string of the molecule is CCNC1CC(c2ccccn2)C1C. The predicted octanol–water partition coefficient (Wildman–Crippen LogP) is 2.18. The van der Waals surface area contributed by atoms with Gasteiger partial charge in [0.2, 0.25) is 0 Å². The van der Waals surface area contributed by atoms with Crippen LogP contribution in [0.1, 0.15) is 31.9 Å². The minimum Gasteiger partial charge on any atom is -0.314 e. The Hall–Kier alpha value is -0.890. The summed E-state index contributed by atoms with van der Waals surface area (Å²) in [6.45, 7) is 5.56. The molecule has 0 bridgehead atoms. The quantitative estimate of drug-likeness (QED) is 0.790. The number of rotatable bonds is 3. The molecular formula is C12H18N2. The molecule has 1 fully saturated rings. The molecule has 1 saturated carbocycles. The molecule has 0 aliphatic heterocycles. The van der Waals surface area contributed by atoms with Gasteiger partial charge in [0.25, 0.3) is 0 Å². The first-order valence-corrected chi connectivity index (χ1v) is 5.47. The number of nitrogens with zero attached hydrogens (tertiary/aromatic N) is 1. The van der Waals surface area contributed by atoms with E-state index in [2.05, 4.69) is 36.3 Å². The van der Waals surface area contributed by atoms with E-state index in [1.54, 1.807) is 0 Å². The van der Waals surface area contributed by atoms with Crippen molar-refractivity contribution in [3.8, 4) is 0 Å². The van der Waals surface area contributed by atoms with Crippen LogP contribution in [0.25, 0.3) is 0 Å². The maximum Gasteiger partial charge on any atom is 0.0438 e. The molecule has 0 spiro atoms. The third kappa shape index (κ3) is 1.67. The van der Waals surface area contributed by atoms with E-state index in [0.29, 0.717) is 12.0 Å². The Bertz CT molecular complexity index is 284. The first-order chi connectivity index (χ1) is 6.83. The van der Waals surface area contributed by atoms with E-state index in [9.17, 15) is 0 Å². The molecule has 1 aromatic heterocycles. The van der Waals surface area contributed by atoms with Gasteiger partial charge in [-0.3, -0.25) is 4.98 Å². The summed E-state index contributed by atoms with van der Waals surface area (Å²) in [5.41, 5.74) is 1.26. The van der Waals surface area contributed by atoms with E-state index in [1.165, 1.54) is 12.1 Å². The Morgan fingerprint density at radius 3 is 2.93 bits per heavy atom. The van der Waals surface area contributed by atoms with Gasteiger partial charge >= 0.3 is 0 Å². The van der Waals surface area contributed by atoms with Crippen LogP contribution in [0.3, 0.4) is 0 Å². The van der Waals surface area contributed by atoms with Crippen LogP contribution >= 0.6 is 0 Å².